The van der Waals surface area contributed by atoms with Gasteiger partial charge in [-0.1, -0.05) is 19.1 Å². The number of hydrogen-bond acceptors (Lipinski definition) is 2. The van der Waals surface area contributed by atoms with Crippen molar-refractivity contribution in [3.8, 4) is 0 Å². The monoisotopic (exact) mass is 215 g/mol. The zero-order chi connectivity index (χ0) is 11.5. The number of rotatable bonds is 4. The first-order chi connectivity index (χ1) is 7.05. The lowest BCUT2D eigenvalue weighted by Crippen LogP contribution is -2.34. The maximum atomic E-state index is 13.5. The van der Waals surface area contributed by atoms with E-state index in [1.165, 1.54) is 12.1 Å². The summed E-state index contributed by atoms with van der Waals surface area (Å²) in [5.74, 6) is -1.76. The van der Waals surface area contributed by atoms with Gasteiger partial charge in [-0.3, -0.25) is 0 Å². The maximum absolute atomic E-state index is 13.5. The summed E-state index contributed by atoms with van der Waals surface area (Å²) in [6, 6.07) is 4.01. The van der Waals surface area contributed by atoms with Crippen LogP contribution in [0.15, 0.2) is 18.2 Å². The Kier molecular flexibility index (Phi) is 3.77. The first-order valence-electron chi connectivity index (χ1n) is 4.80. The van der Waals surface area contributed by atoms with Gasteiger partial charge in [-0.05, 0) is 18.1 Å². The number of aliphatic hydroxyl groups excluding tert-OH is 1. The standard InChI is InChI=1S/C11H15F2NO/c1-11(7-14,5-6-15)8-3-2-4-9(12)10(8)13/h2-4,15H,5-7,14H2,1H3. The first-order valence-corrected chi connectivity index (χ1v) is 4.80. The molecule has 15 heavy (non-hydrogen) atoms. The lowest BCUT2D eigenvalue weighted by molar-refractivity contribution is 0.243. The normalized spacial score (nSPS) is 15.0. The van der Waals surface area contributed by atoms with Crippen molar-refractivity contribution in [2.24, 2.45) is 5.73 Å². The van der Waals surface area contributed by atoms with E-state index in [-0.39, 0.29) is 18.7 Å². The SMILES string of the molecule is CC(CN)(CCO)c1cccc(F)c1F. The number of aliphatic hydroxyl groups is 1. The molecular formula is C11H15F2NO. The topological polar surface area (TPSA) is 46.2 Å². The fourth-order valence-corrected chi connectivity index (χ4v) is 1.56. The zero-order valence-corrected chi connectivity index (χ0v) is 8.63. The van der Waals surface area contributed by atoms with Crippen LogP contribution in [0.4, 0.5) is 8.78 Å². The Morgan fingerprint density at radius 3 is 2.60 bits per heavy atom. The molecular weight excluding hydrogens is 200 g/mol. The van der Waals surface area contributed by atoms with E-state index in [0.29, 0.717) is 6.42 Å². The number of halogens is 2. The van der Waals surface area contributed by atoms with E-state index in [9.17, 15) is 8.78 Å². The van der Waals surface area contributed by atoms with Crippen LogP contribution in [-0.2, 0) is 5.41 Å². The molecule has 1 atom stereocenters. The fourth-order valence-electron chi connectivity index (χ4n) is 1.56. The molecule has 1 unspecified atom stereocenters. The van der Waals surface area contributed by atoms with E-state index in [0.717, 1.165) is 6.07 Å². The predicted molar refractivity (Wildman–Crippen MR) is 54.5 cm³/mol. The molecule has 1 aromatic rings. The highest BCUT2D eigenvalue weighted by molar-refractivity contribution is 5.27. The molecule has 4 heteroatoms. The fraction of sp³-hybridized carbons (Fsp3) is 0.455. The summed E-state index contributed by atoms with van der Waals surface area (Å²) in [5.41, 5.74) is 5.04. The molecule has 0 aliphatic carbocycles. The second kappa shape index (κ2) is 4.68. The smallest absolute Gasteiger partial charge is 0.162 e. The van der Waals surface area contributed by atoms with Gasteiger partial charge >= 0.3 is 0 Å². The Morgan fingerprint density at radius 2 is 2.07 bits per heavy atom. The Morgan fingerprint density at radius 1 is 1.40 bits per heavy atom. The van der Waals surface area contributed by atoms with Crippen molar-refractivity contribution in [1.82, 2.24) is 0 Å². The minimum absolute atomic E-state index is 0.107. The lowest BCUT2D eigenvalue weighted by atomic mass is 9.79. The van der Waals surface area contributed by atoms with Gasteiger partial charge in [0, 0.05) is 18.6 Å². The van der Waals surface area contributed by atoms with Gasteiger partial charge in [0.2, 0.25) is 0 Å². The van der Waals surface area contributed by atoms with Crippen LogP contribution in [0.1, 0.15) is 18.9 Å². The van der Waals surface area contributed by atoms with Crippen molar-refractivity contribution in [3.63, 3.8) is 0 Å². The number of nitrogens with two attached hydrogens (primary N) is 1. The van der Waals surface area contributed by atoms with E-state index in [2.05, 4.69) is 0 Å². The van der Waals surface area contributed by atoms with Crippen LogP contribution in [0.3, 0.4) is 0 Å². The summed E-state index contributed by atoms with van der Waals surface area (Å²) in [6.07, 6.45) is 0.309. The zero-order valence-electron chi connectivity index (χ0n) is 8.63. The summed E-state index contributed by atoms with van der Waals surface area (Å²) < 4.78 is 26.5. The van der Waals surface area contributed by atoms with Crippen LogP contribution in [-0.4, -0.2) is 18.3 Å². The van der Waals surface area contributed by atoms with Crippen molar-refractivity contribution in [2.75, 3.05) is 13.2 Å². The van der Waals surface area contributed by atoms with Crippen LogP contribution in [0.5, 0.6) is 0 Å². The highest BCUT2D eigenvalue weighted by Gasteiger charge is 2.28. The molecule has 0 aliphatic heterocycles. The molecule has 0 saturated heterocycles. The van der Waals surface area contributed by atoms with Gasteiger partial charge in [0.15, 0.2) is 11.6 Å². The van der Waals surface area contributed by atoms with Gasteiger partial charge in [-0.15, -0.1) is 0 Å². The van der Waals surface area contributed by atoms with Gasteiger partial charge in [0.25, 0.3) is 0 Å². The molecule has 0 aromatic heterocycles. The molecule has 0 bridgehead atoms. The number of benzene rings is 1. The Hall–Kier alpha value is -1.00. The van der Waals surface area contributed by atoms with Crippen molar-refractivity contribution in [2.45, 2.75) is 18.8 Å². The molecule has 0 radical (unpaired) electrons. The van der Waals surface area contributed by atoms with Gasteiger partial charge in [0.05, 0.1) is 0 Å². The van der Waals surface area contributed by atoms with Crippen LogP contribution in [0.2, 0.25) is 0 Å². The average molecular weight is 215 g/mol. The van der Waals surface area contributed by atoms with Gasteiger partial charge in [-0.2, -0.15) is 0 Å². The molecule has 0 fully saturated rings. The lowest BCUT2D eigenvalue weighted by Gasteiger charge is -2.28. The average Bonchev–Trinajstić information content (AvgIpc) is 2.22. The third kappa shape index (κ3) is 2.33. The van der Waals surface area contributed by atoms with E-state index < -0.39 is 17.0 Å². The van der Waals surface area contributed by atoms with Crippen molar-refractivity contribution >= 4 is 0 Å². The molecule has 84 valence electrons. The minimum atomic E-state index is -0.884. The summed E-state index contributed by atoms with van der Waals surface area (Å²) in [4.78, 5) is 0. The molecule has 2 nitrogen and oxygen atoms in total. The van der Waals surface area contributed by atoms with E-state index >= 15 is 0 Å². The first kappa shape index (κ1) is 12.1. The highest BCUT2D eigenvalue weighted by Crippen LogP contribution is 2.29. The van der Waals surface area contributed by atoms with Crippen LogP contribution in [0, 0.1) is 11.6 Å². The van der Waals surface area contributed by atoms with Gasteiger partial charge in [-0.25, -0.2) is 8.78 Å². The third-order valence-corrected chi connectivity index (χ3v) is 2.72. The molecule has 0 amide bonds. The molecule has 3 N–H and O–H groups in total. The quantitative estimate of drug-likeness (QED) is 0.800. The van der Waals surface area contributed by atoms with E-state index in [1.807, 2.05) is 0 Å². The van der Waals surface area contributed by atoms with Crippen molar-refractivity contribution in [3.05, 3.63) is 35.4 Å². The van der Waals surface area contributed by atoms with Crippen LogP contribution >= 0.6 is 0 Å². The van der Waals surface area contributed by atoms with Crippen LogP contribution in [0.25, 0.3) is 0 Å². The molecule has 0 aliphatic rings. The molecule has 1 rings (SSSR count). The van der Waals surface area contributed by atoms with Crippen LogP contribution < -0.4 is 5.73 Å². The second-order valence-electron chi connectivity index (χ2n) is 3.84. The summed E-state index contributed by atoms with van der Waals surface area (Å²) in [6.45, 7) is 1.76. The minimum Gasteiger partial charge on any atom is -0.396 e. The highest BCUT2D eigenvalue weighted by atomic mass is 19.2. The van der Waals surface area contributed by atoms with Crippen molar-refractivity contribution < 1.29 is 13.9 Å². The molecule has 0 saturated carbocycles. The summed E-state index contributed by atoms with van der Waals surface area (Å²) >= 11 is 0. The molecule has 0 heterocycles. The second-order valence-corrected chi connectivity index (χ2v) is 3.84. The Labute approximate surface area is 87.7 Å². The van der Waals surface area contributed by atoms with E-state index in [1.54, 1.807) is 6.92 Å². The van der Waals surface area contributed by atoms with E-state index in [4.69, 9.17) is 10.8 Å². The summed E-state index contributed by atoms with van der Waals surface area (Å²) in [5, 5.41) is 8.88. The maximum Gasteiger partial charge on any atom is 0.162 e. The third-order valence-electron chi connectivity index (χ3n) is 2.72. The largest absolute Gasteiger partial charge is 0.396 e. The Bertz CT molecular complexity index is 343. The predicted octanol–water partition coefficient (Wildman–Crippen LogP) is 1.56. The molecule has 1 aromatic carbocycles. The van der Waals surface area contributed by atoms with Gasteiger partial charge in [0.1, 0.15) is 0 Å². The van der Waals surface area contributed by atoms with Gasteiger partial charge < -0.3 is 10.8 Å². The number of hydrogen-bond donors (Lipinski definition) is 2. The molecule has 0 spiro atoms. The summed E-state index contributed by atoms with van der Waals surface area (Å²) in [7, 11) is 0. The Balaban J connectivity index is 3.17. The van der Waals surface area contributed by atoms with Crippen molar-refractivity contribution in [1.29, 1.82) is 0 Å².